The van der Waals surface area contributed by atoms with E-state index >= 15 is 0 Å². The van der Waals surface area contributed by atoms with Crippen LogP contribution in [0.4, 0.5) is 10.1 Å². The van der Waals surface area contributed by atoms with Gasteiger partial charge in [0.05, 0.1) is 11.0 Å². The number of carbonyl (C=O) groups excluding carboxylic acids is 1. The summed E-state index contributed by atoms with van der Waals surface area (Å²) in [6, 6.07) is 2.57. The molecule has 0 spiro atoms. The maximum atomic E-state index is 12.8. The highest BCUT2D eigenvalue weighted by Crippen LogP contribution is 2.19. The Morgan fingerprint density at radius 3 is 2.65 bits per heavy atom. The van der Waals surface area contributed by atoms with Gasteiger partial charge in [0.15, 0.2) is 5.11 Å². The van der Waals surface area contributed by atoms with Gasteiger partial charge in [-0.1, -0.05) is 0 Å². The summed E-state index contributed by atoms with van der Waals surface area (Å²) in [4.78, 5) is 21.2. The molecule has 0 saturated carbocycles. The molecule has 9 heteroatoms. The lowest BCUT2D eigenvalue weighted by Crippen LogP contribution is -2.44. The van der Waals surface area contributed by atoms with Gasteiger partial charge in [-0.2, -0.15) is 0 Å². The number of hydrogen-bond donors (Lipinski definition) is 3. The lowest BCUT2D eigenvalue weighted by atomic mass is 10.1. The van der Waals surface area contributed by atoms with Crippen LogP contribution < -0.4 is 16.6 Å². The zero-order valence-electron chi connectivity index (χ0n) is 8.27. The van der Waals surface area contributed by atoms with Gasteiger partial charge in [-0.15, -0.1) is 0 Å². The van der Waals surface area contributed by atoms with E-state index < -0.39 is 22.3 Å². The van der Waals surface area contributed by atoms with Crippen molar-refractivity contribution in [2.24, 2.45) is 5.73 Å². The second kappa shape index (κ2) is 5.16. The average Bonchev–Trinajstić information content (AvgIpc) is 2.25. The Labute approximate surface area is 99.9 Å². The Morgan fingerprint density at radius 2 is 2.12 bits per heavy atom. The molecule has 7 nitrogen and oxygen atoms in total. The molecule has 1 rings (SSSR count). The summed E-state index contributed by atoms with van der Waals surface area (Å²) in [6.45, 7) is 0. The van der Waals surface area contributed by atoms with Crippen molar-refractivity contribution >= 4 is 28.9 Å². The summed E-state index contributed by atoms with van der Waals surface area (Å²) >= 11 is 4.43. The van der Waals surface area contributed by atoms with E-state index in [-0.39, 0.29) is 10.7 Å². The van der Waals surface area contributed by atoms with Crippen LogP contribution >= 0.6 is 12.2 Å². The van der Waals surface area contributed by atoms with Crippen molar-refractivity contribution in [3.8, 4) is 0 Å². The number of nitrogens with zero attached hydrogens (tertiary/aromatic N) is 1. The van der Waals surface area contributed by atoms with Gasteiger partial charge in [-0.3, -0.25) is 25.8 Å². The molecule has 0 atom stereocenters. The van der Waals surface area contributed by atoms with Crippen molar-refractivity contribution in [1.82, 2.24) is 10.9 Å². The number of hydrazine groups is 1. The number of benzene rings is 1. The fraction of sp³-hybridized carbons (Fsp3) is 0. The Bertz CT molecular complexity index is 494. The summed E-state index contributed by atoms with van der Waals surface area (Å²) in [5, 5.41) is 10.4. The van der Waals surface area contributed by atoms with E-state index in [2.05, 4.69) is 17.6 Å². The van der Waals surface area contributed by atoms with Crippen LogP contribution in [0.2, 0.25) is 0 Å². The van der Waals surface area contributed by atoms with Crippen molar-refractivity contribution in [2.75, 3.05) is 0 Å². The molecule has 0 unspecified atom stereocenters. The van der Waals surface area contributed by atoms with Crippen LogP contribution in [0.3, 0.4) is 0 Å². The fourth-order valence-electron chi connectivity index (χ4n) is 1.03. The molecule has 0 bridgehead atoms. The molecular formula is C8H7FN4O3S. The van der Waals surface area contributed by atoms with Gasteiger partial charge in [0.2, 0.25) is 0 Å². The van der Waals surface area contributed by atoms with Crippen molar-refractivity contribution in [3.63, 3.8) is 0 Å². The molecule has 1 aromatic rings. The Morgan fingerprint density at radius 1 is 1.47 bits per heavy atom. The highest BCUT2D eigenvalue weighted by Gasteiger charge is 2.20. The third kappa shape index (κ3) is 3.34. The molecule has 1 amide bonds. The predicted octanol–water partition coefficient (Wildman–Crippen LogP) is 0.212. The third-order valence-electron chi connectivity index (χ3n) is 1.70. The monoisotopic (exact) mass is 258 g/mol. The molecule has 0 aromatic heterocycles. The smallest absolute Gasteiger partial charge is 0.285 e. The minimum absolute atomic E-state index is 0.205. The van der Waals surface area contributed by atoms with Crippen LogP contribution in [0.15, 0.2) is 18.2 Å². The van der Waals surface area contributed by atoms with Crippen molar-refractivity contribution < 1.29 is 14.1 Å². The summed E-state index contributed by atoms with van der Waals surface area (Å²) in [6.07, 6.45) is 0. The number of amides is 1. The first kappa shape index (κ1) is 12.8. The van der Waals surface area contributed by atoms with Crippen LogP contribution in [-0.2, 0) is 0 Å². The number of thiocarbonyl (C=S) groups is 1. The number of nitro groups is 1. The first-order chi connectivity index (χ1) is 7.91. The average molecular weight is 258 g/mol. The largest absolute Gasteiger partial charge is 0.375 e. The standard InChI is InChI=1S/C8H7FN4O3S/c9-4-1-2-5(6(3-4)13(15)16)7(14)11-12-8(10)17/h1-3H,(H,11,14)(H3,10,12,17). The third-order valence-corrected chi connectivity index (χ3v) is 1.80. The molecule has 90 valence electrons. The second-order valence-corrected chi connectivity index (χ2v) is 3.30. The minimum Gasteiger partial charge on any atom is -0.375 e. The number of rotatable bonds is 2. The number of nitrogens with one attached hydrogen (secondary N) is 2. The molecular weight excluding hydrogens is 251 g/mol. The summed E-state index contributed by atoms with van der Waals surface area (Å²) in [5.74, 6) is -1.65. The molecule has 0 heterocycles. The van der Waals surface area contributed by atoms with Crippen molar-refractivity contribution in [3.05, 3.63) is 39.7 Å². The first-order valence-corrected chi connectivity index (χ1v) is 4.62. The molecule has 17 heavy (non-hydrogen) atoms. The highest BCUT2D eigenvalue weighted by molar-refractivity contribution is 7.80. The zero-order chi connectivity index (χ0) is 13.0. The lowest BCUT2D eigenvalue weighted by Gasteiger charge is -2.06. The first-order valence-electron chi connectivity index (χ1n) is 4.21. The molecule has 0 saturated heterocycles. The van der Waals surface area contributed by atoms with Crippen LogP contribution in [-0.4, -0.2) is 15.9 Å². The van der Waals surface area contributed by atoms with Crippen LogP contribution in [0.25, 0.3) is 0 Å². The lowest BCUT2D eigenvalue weighted by molar-refractivity contribution is -0.385. The van der Waals surface area contributed by atoms with Gasteiger partial charge >= 0.3 is 0 Å². The molecule has 0 aliphatic rings. The van der Waals surface area contributed by atoms with Gasteiger partial charge < -0.3 is 5.73 Å². The summed E-state index contributed by atoms with van der Waals surface area (Å²) in [5.41, 5.74) is 8.25. The topological polar surface area (TPSA) is 110 Å². The number of nitrogens with two attached hydrogens (primary N) is 1. The minimum atomic E-state index is -0.862. The van der Waals surface area contributed by atoms with Gasteiger partial charge in [-0.05, 0) is 24.4 Å². The zero-order valence-corrected chi connectivity index (χ0v) is 9.08. The van der Waals surface area contributed by atoms with E-state index in [4.69, 9.17) is 5.73 Å². The molecule has 1 aromatic carbocycles. The van der Waals surface area contributed by atoms with E-state index in [0.29, 0.717) is 6.07 Å². The summed E-state index contributed by atoms with van der Waals surface area (Å²) < 4.78 is 12.8. The Kier molecular flexibility index (Phi) is 3.88. The maximum absolute atomic E-state index is 12.8. The number of hydrogen-bond acceptors (Lipinski definition) is 4. The molecule has 0 radical (unpaired) electrons. The fourth-order valence-corrected chi connectivity index (χ4v) is 1.08. The molecule has 0 aliphatic heterocycles. The van der Waals surface area contributed by atoms with Crippen LogP contribution in [0, 0.1) is 15.9 Å². The number of carbonyl (C=O) groups is 1. The van der Waals surface area contributed by atoms with E-state index in [1.54, 1.807) is 0 Å². The SMILES string of the molecule is NC(=S)NNC(=O)c1ccc(F)cc1[N+](=O)[O-]. The van der Waals surface area contributed by atoms with E-state index in [0.717, 1.165) is 12.1 Å². The number of nitro benzene ring substituents is 1. The van der Waals surface area contributed by atoms with Gasteiger partial charge in [0.1, 0.15) is 11.4 Å². The molecule has 0 aliphatic carbocycles. The molecule has 4 N–H and O–H groups in total. The predicted molar refractivity (Wildman–Crippen MR) is 60.4 cm³/mol. The van der Waals surface area contributed by atoms with Gasteiger partial charge in [0.25, 0.3) is 11.6 Å². The van der Waals surface area contributed by atoms with E-state index in [1.165, 1.54) is 0 Å². The second-order valence-electron chi connectivity index (χ2n) is 2.86. The normalized spacial score (nSPS) is 9.47. The van der Waals surface area contributed by atoms with Gasteiger partial charge in [-0.25, -0.2) is 4.39 Å². The van der Waals surface area contributed by atoms with Crippen molar-refractivity contribution in [2.45, 2.75) is 0 Å². The highest BCUT2D eigenvalue weighted by atomic mass is 32.1. The van der Waals surface area contributed by atoms with E-state index in [1.807, 2.05) is 5.43 Å². The quantitative estimate of drug-likeness (QED) is 0.397. The maximum Gasteiger partial charge on any atom is 0.285 e. The Balaban J connectivity index is 3.00. The van der Waals surface area contributed by atoms with Gasteiger partial charge in [0, 0.05) is 0 Å². The Hall–Kier alpha value is -2.29. The van der Waals surface area contributed by atoms with Crippen LogP contribution in [0.5, 0.6) is 0 Å². The van der Waals surface area contributed by atoms with Crippen molar-refractivity contribution in [1.29, 1.82) is 0 Å². The summed E-state index contributed by atoms with van der Waals surface area (Å²) in [7, 11) is 0. The van der Waals surface area contributed by atoms with Crippen LogP contribution in [0.1, 0.15) is 10.4 Å². The van der Waals surface area contributed by atoms with E-state index in [9.17, 15) is 19.3 Å². The molecule has 0 fully saturated rings. The number of halogens is 1.